The predicted molar refractivity (Wildman–Crippen MR) is 87.3 cm³/mol. The fourth-order valence-corrected chi connectivity index (χ4v) is 3.05. The van der Waals surface area contributed by atoms with E-state index >= 15 is 0 Å². The molecule has 6 heteroatoms. The number of anilines is 2. The van der Waals surface area contributed by atoms with E-state index in [1.54, 1.807) is 6.33 Å². The number of aromatic nitrogens is 2. The van der Waals surface area contributed by atoms with Crippen molar-refractivity contribution >= 4 is 11.6 Å². The molecule has 1 fully saturated rings. The van der Waals surface area contributed by atoms with Crippen LogP contribution in [0.25, 0.3) is 0 Å². The summed E-state index contributed by atoms with van der Waals surface area (Å²) >= 11 is 0. The van der Waals surface area contributed by atoms with Gasteiger partial charge in [0.2, 0.25) is 0 Å². The normalized spacial score (nSPS) is 17.0. The second-order valence-corrected chi connectivity index (χ2v) is 6.05. The molecule has 1 aliphatic heterocycles. The highest BCUT2D eigenvalue weighted by atomic mass is 15.3. The van der Waals surface area contributed by atoms with Crippen molar-refractivity contribution in [1.82, 2.24) is 14.9 Å². The fourth-order valence-electron chi connectivity index (χ4n) is 3.05. The van der Waals surface area contributed by atoms with Crippen LogP contribution < -0.4 is 16.2 Å². The first kappa shape index (κ1) is 16.0. The molecule has 1 aliphatic rings. The van der Waals surface area contributed by atoms with Gasteiger partial charge in [0.25, 0.3) is 0 Å². The van der Waals surface area contributed by atoms with Gasteiger partial charge >= 0.3 is 0 Å². The fraction of sp³-hybridized carbons (Fsp3) is 0.733. The second kappa shape index (κ2) is 7.56. The smallest absolute Gasteiger partial charge is 0.148 e. The molecule has 0 aliphatic carbocycles. The van der Waals surface area contributed by atoms with Gasteiger partial charge in [-0.3, -0.25) is 0 Å². The first-order valence-corrected chi connectivity index (χ1v) is 7.85. The molecule has 1 aromatic rings. The van der Waals surface area contributed by atoms with Gasteiger partial charge in [-0.05, 0) is 45.3 Å². The number of nitrogen functional groups attached to an aromatic ring is 1. The summed E-state index contributed by atoms with van der Waals surface area (Å²) in [5, 5.41) is 0. The lowest BCUT2D eigenvalue weighted by atomic mass is 9.96. The van der Waals surface area contributed by atoms with Gasteiger partial charge in [-0.15, -0.1) is 0 Å². The zero-order valence-corrected chi connectivity index (χ0v) is 13.5. The van der Waals surface area contributed by atoms with Crippen molar-refractivity contribution in [2.45, 2.75) is 32.6 Å². The number of likely N-dealkylation sites (tertiary alicyclic amines) is 1. The highest BCUT2D eigenvalue weighted by molar-refractivity contribution is 5.58. The minimum Gasteiger partial charge on any atom is -0.359 e. The maximum absolute atomic E-state index is 5.59. The van der Waals surface area contributed by atoms with Crippen molar-refractivity contribution < 1.29 is 0 Å². The van der Waals surface area contributed by atoms with Crippen LogP contribution in [0.15, 0.2) is 6.33 Å². The maximum atomic E-state index is 5.59. The molecule has 118 valence electrons. The summed E-state index contributed by atoms with van der Waals surface area (Å²) < 4.78 is 0. The Balaban J connectivity index is 2.09. The zero-order chi connectivity index (χ0) is 15.2. The van der Waals surface area contributed by atoms with Crippen molar-refractivity contribution in [2.75, 3.05) is 44.1 Å². The Bertz CT molecular complexity index is 442. The number of hydrazine groups is 1. The summed E-state index contributed by atoms with van der Waals surface area (Å²) in [6, 6.07) is 0. The number of rotatable bonds is 6. The summed E-state index contributed by atoms with van der Waals surface area (Å²) in [5.41, 5.74) is 3.82. The summed E-state index contributed by atoms with van der Waals surface area (Å²) in [6.07, 6.45) is 6.10. The summed E-state index contributed by atoms with van der Waals surface area (Å²) in [6.45, 7) is 5.60. The van der Waals surface area contributed by atoms with Crippen LogP contribution >= 0.6 is 0 Å². The van der Waals surface area contributed by atoms with Gasteiger partial charge in [0, 0.05) is 19.2 Å². The second-order valence-electron chi connectivity index (χ2n) is 6.05. The number of hydrogen-bond acceptors (Lipinski definition) is 6. The van der Waals surface area contributed by atoms with Crippen LogP contribution in [-0.4, -0.2) is 48.6 Å². The van der Waals surface area contributed by atoms with Gasteiger partial charge in [0.1, 0.15) is 18.0 Å². The average Bonchev–Trinajstić information content (AvgIpc) is 2.50. The van der Waals surface area contributed by atoms with Crippen LogP contribution in [0.5, 0.6) is 0 Å². The summed E-state index contributed by atoms with van der Waals surface area (Å²) in [7, 11) is 4.32. The minimum absolute atomic E-state index is 0.741. The van der Waals surface area contributed by atoms with Gasteiger partial charge in [0.15, 0.2) is 0 Å². The molecule has 1 saturated heterocycles. The quantitative estimate of drug-likeness (QED) is 0.611. The molecule has 21 heavy (non-hydrogen) atoms. The number of piperidine rings is 1. The third kappa shape index (κ3) is 4.04. The minimum atomic E-state index is 0.741. The van der Waals surface area contributed by atoms with E-state index in [-0.39, 0.29) is 0 Å². The molecule has 6 nitrogen and oxygen atoms in total. The number of nitrogens with one attached hydrogen (secondary N) is 1. The molecule has 3 N–H and O–H groups in total. The highest BCUT2D eigenvalue weighted by Gasteiger charge is 2.20. The van der Waals surface area contributed by atoms with E-state index in [1.807, 2.05) is 0 Å². The maximum Gasteiger partial charge on any atom is 0.148 e. The Hall–Kier alpha value is -1.40. The van der Waals surface area contributed by atoms with Crippen molar-refractivity contribution in [3.8, 4) is 0 Å². The topological polar surface area (TPSA) is 70.3 Å². The van der Waals surface area contributed by atoms with Crippen molar-refractivity contribution in [3.05, 3.63) is 11.9 Å². The zero-order valence-electron chi connectivity index (χ0n) is 13.5. The van der Waals surface area contributed by atoms with Gasteiger partial charge in [-0.25, -0.2) is 15.8 Å². The Kier molecular flexibility index (Phi) is 5.76. The molecule has 0 saturated carbocycles. The Morgan fingerprint density at radius 3 is 2.71 bits per heavy atom. The number of hydrogen-bond donors (Lipinski definition) is 2. The van der Waals surface area contributed by atoms with Gasteiger partial charge < -0.3 is 15.2 Å². The molecule has 0 aromatic carbocycles. The predicted octanol–water partition coefficient (Wildman–Crippen LogP) is 1.49. The standard InChI is InChI=1S/C15H28N6/c1-4-5-13-14(19-16)17-11-18-15(13)21(3)10-12-6-8-20(2)9-7-12/h11-12H,4-10,16H2,1-3H3,(H,17,18,19). The van der Waals surface area contributed by atoms with Crippen molar-refractivity contribution in [1.29, 1.82) is 0 Å². The first-order chi connectivity index (χ1) is 10.2. The molecule has 0 bridgehead atoms. The largest absolute Gasteiger partial charge is 0.359 e. The van der Waals surface area contributed by atoms with Crippen LogP contribution in [0.3, 0.4) is 0 Å². The lowest BCUT2D eigenvalue weighted by Crippen LogP contribution is -2.36. The molecule has 0 amide bonds. The Morgan fingerprint density at radius 2 is 2.10 bits per heavy atom. The lowest BCUT2D eigenvalue weighted by Gasteiger charge is -2.32. The van der Waals surface area contributed by atoms with E-state index in [2.05, 4.69) is 46.2 Å². The van der Waals surface area contributed by atoms with E-state index in [9.17, 15) is 0 Å². The van der Waals surface area contributed by atoms with E-state index in [0.717, 1.165) is 42.5 Å². The van der Waals surface area contributed by atoms with Crippen LogP contribution in [0.2, 0.25) is 0 Å². The SMILES string of the molecule is CCCc1c(NN)ncnc1N(C)CC1CCN(C)CC1. The molecule has 0 unspecified atom stereocenters. The van der Waals surface area contributed by atoms with Crippen molar-refractivity contribution in [2.24, 2.45) is 11.8 Å². The van der Waals surface area contributed by atoms with Crippen LogP contribution in [0.1, 0.15) is 31.7 Å². The Labute approximate surface area is 127 Å². The molecular weight excluding hydrogens is 264 g/mol. The number of nitrogens with two attached hydrogens (primary N) is 1. The average molecular weight is 292 g/mol. The lowest BCUT2D eigenvalue weighted by molar-refractivity contribution is 0.222. The van der Waals surface area contributed by atoms with Crippen LogP contribution in [-0.2, 0) is 6.42 Å². The van der Waals surface area contributed by atoms with E-state index in [4.69, 9.17) is 5.84 Å². The summed E-state index contributed by atoms with van der Waals surface area (Å²) in [5.74, 6) is 8.09. The van der Waals surface area contributed by atoms with Gasteiger partial charge in [-0.2, -0.15) is 0 Å². The van der Waals surface area contributed by atoms with E-state index < -0.39 is 0 Å². The molecule has 2 heterocycles. The number of nitrogens with zero attached hydrogens (tertiary/aromatic N) is 4. The van der Waals surface area contributed by atoms with Gasteiger partial charge in [0.05, 0.1) is 0 Å². The molecule has 2 rings (SSSR count). The van der Waals surface area contributed by atoms with E-state index in [1.165, 1.54) is 25.9 Å². The molecule has 1 aromatic heterocycles. The molecule has 0 atom stereocenters. The van der Waals surface area contributed by atoms with Gasteiger partial charge in [-0.1, -0.05) is 13.3 Å². The summed E-state index contributed by atoms with van der Waals surface area (Å²) in [4.78, 5) is 13.4. The molecular formula is C15H28N6. The van der Waals surface area contributed by atoms with E-state index in [0.29, 0.717) is 0 Å². The first-order valence-electron chi connectivity index (χ1n) is 7.85. The third-order valence-corrected chi connectivity index (χ3v) is 4.29. The van der Waals surface area contributed by atoms with Crippen molar-refractivity contribution in [3.63, 3.8) is 0 Å². The van der Waals surface area contributed by atoms with Crippen LogP contribution in [0.4, 0.5) is 11.6 Å². The highest BCUT2D eigenvalue weighted by Crippen LogP contribution is 2.26. The monoisotopic (exact) mass is 292 g/mol. The molecule has 0 spiro atoms. The third-order valence-electron chi connectivity index (χ3n) is 4.29. The molecule has 0 radical (unpaired) electrons. The Morgan fingerprint density at radius 1 is 1.38 bits per heavy atom. The van der Waals surface area contributed by atoms with Crippen LogP contribution in [0, 0.1) is 5.92 Å².